The molecule has 0 bridgehead atoms. The van der Waals surface area contributed by atoms with Crippen molar-refractivity contribution in [2.75, 3.05) is 6.54 Å². The Bertz CT molecular complexity index is 1270. The Labute approximate surface area is 249 Å². The summed E-state index contributed by atoms with van der Waals surface area (Å²) >= 11 is 0. The average molecular weight is 579 g/mol. The minimum absolute atomic E-state index is 0.00535. The first-order chi connectivity index (χ1) is 20.2. The molecule has 0 heterocycles. The van der Waals surface area contributed by atoms with E-state index in [0.29, 0.717) is 13.0 Å². The van der Waals surface area contributed by atoms with Gasteiger partial charge in [-0.2, -0.15) is 0 Å². The SMILES string of the molecule is CCCCCCCCNC1(c2ccc(C(C)C)cc2OC(=O)CCCCCCC)C(=O)c2cccc([N+](=O)[O-])c2C1=O. The van der Waals surface area contributed by atoms with Gasteiger partial charge in [-0.05, 0) is 36.9 Å². The van der Waals surface area contributed by atoms with Gasteiger partial charge in [-0.25, -0.2) is 0 Å². The Morgan fingerprint density at radius 2 is 1.55 bits per heavy atom. The standard InChI is InChI=1S/C34H46N2O6/c1-5-7-9-11-13-15-22-35-34(32(38)26-17-16-18-28(36(40)41)31(26)33(34)39)27-21-20-25(24(3)4)23-29(27)42-30(37)19-14-12-10-8-6-2/h16-18,20-21,23-24,35H,5-15,19,22H2,1-4H3. The summed E-state index contributed by atoms with van der Waals surface area (Å²) in [7, 11) is 0. The van der Waals surface area contributed by atoms with Crippen molar-refractivity contribution in [3.63, 3.8) is 0 Å². The minimum Gasteiger partial charge on any atom is -0.426 e. The predicted molar refractivity (Wildman–Crippen MR) is 164 cm³/mol. The van der Waals surface area contributed by atoms with Crippen LogP contribution in [-0.2, 0) is 10.3 Å². The number of fused-ring (bicyclic) bond motifs is 1. The summed E-state index contributed by atoms with van der Waals surface area (Å²) < 4.78 is 5.91. The largest absolute Gasteiger partial charge is 0.426 e. The van der Waals surface area contributed by atoms with E-state index in [1.807, 2.05) is 19.9 Å². The number of unbranched alkanes of at least 4 members (excludes halogenated alkanes) is 9. The van der Waals surface area contributed by atoms with Gasteiger partial charge in [-0.1, -0.05) is 110 Å². The Morgan fingerprint density at radius 3 is 2.19 bits per heavy atom. The average Bonchev–Trinajstić information content (AvgIpc) is 3.18. The second-order valence-corrected chi connectivity index (χ2v) is 11.6. The molecule has 1 atom stereocenters. The molecular formula is C34H46N2O6. The monoisotopic (exact) mass is 578 g/mol. The number of carbonyl (C=O) groups is 3. The Hall–Kier alpha value is -3.39. The van der Waals surface area contributed by atoms with E-state index in [9.17, 15) is 24.5 Å². The number of nitro groups is 1. The number of benzene rings is 2. The molecule has 1 unspecified atom stereocenters. The van der Waals surface area contributed by atoms with Crippen LogP contribution in [0.3, 0.4) is 0 Å². The van der Waals surface area contributed by atoms with E-state index < -0.39 is 33.7 Å². The van der Waals surface area contributed by atoms with Gasteiger partial charge in [0.05, 0.1) is 4.92 Å². The van der Waals surface area contributed by atoms with Crippen LogP contribution < -0.4 is 10.1 Å². The smallest absolute Gasteiger partial charge is 0.311 e. The van der Waals surface area contributed by atoms with Crippen LogP contribution in [0.25, 0.3) is 0 Å². The number of hydrogen-bond donors (Lipinski definition) is 1. The third-order valence-corrected chi connectivity index (χ3v) is 8.10. The lowest BCUT2D eigenvalue weighted by atomic mass is 9.82. The number of Topliss-reactive ketones (excluding diaryl/α,β-unsaturated/α-hetero) is 2. The van der Waals surface area contributed by atoms with Crippen molar-refractivity contribution < 1.29 is 24.0 Å². The Kier molecular flexibility index (Phi) is 12.4. The minimum atomic E-state index is -1.93. The molecule has 1 N–H and O–H groups in total. The normalized spacial score (nSPS) is 16.2. The van der Waals surface area contributed by atoms with Gasteiger partial charge >= 0.3 is 5.97 Å². The number of nitrogens with zero attached hydrogens (tertiary/aromatic N) is 1. The molecule has 1 aliphatic carbocycles. The summed E-state index contributed by atoms with van der Waals surface area (Å²) in [6, 6.07) is 9.35. The van der Waals surface area contributed by atoms with E-state index in [-0.39, 0.29) is 34.8 Å². The number of nitrogens with one attached hydrogen (secondary N) is 1. The van der Waals surface area contributed by atoms with Crippen LogP contribution in [0.5, 0.6) is 5.75 Å². The summed E-state index contributed by atoms with van der Waals surface area (Å²) in [6.07, 6.45) is 11.2. The number of nitro benzene ring substituents is 1. The molecule has 0 spiro atoms. The summed E-state index contributed by atoms with van der Waals surface area (Å²) in [4.78, 5) is 52.7. The van der Waals surface area contributed by atoms with Crippen molar-refractivity contribution in [2.45, 2.75) is 116 Å². The quantitative estimate of drug-likeness (QED) is 0.0473. The van der Waals surface area contributed by atoms with E-state index in [1.165, 1.54) is 18.2 Å². The maximum absolute atomic E-state index is 14.3. The van der Waals surface area contributed by atoms with Gasteiger partial charge in [-0.15, -0.1) is 0 Å². The van der Waals surface area contributed by atoms with Crippen LogP contribution in [0.2, 0.25) is 0 Å². The highest BCUT2D eigenvalue weighted by Gasteiger charge is 2.57. The highest BCUT2D eigenvalue weighted by atomic mass is 16.6. The molecule has 8 nitrogen and oxygen atoms in total. The van der Waals surface area contributed by atoms with Crippen LogP contribution in [0.15, 0.2) is 36.4 Å². The van der Waals surface area contributed by atoms with Gasteiger partial charge in [0.25, 0.3) is 5.69 Å². The zero-order chi connectivity index (χ0) is 30.7. The molecule has 0 saturated carbocycles. The summed E-state index contributed by atoms with van der Waals surface area (Å²) in [5.41, 5.74) is -1.42. The third-order valence-electron chi connectivity index (χ3n) is 8.10. The highest BCUT2D eigenvalue weighted by molar-refractivity contribution is 6.34. The molecule has 42 heavy (non-hydrogen) atoms. The zero-order valence-electron chi connectivity index (χ0n) is 25.6. The summed E-state index contributed by atoms with van der Waals surface area (Å²) in [5, 5.41) is 15.1. The maximum Gasteiger partial charge on any atom is 0.311 e. The van der Waals surface area contributed by atoms with Gasteiger partial charge in [0.1, 0.15) is 11.3 Å². The molecule has 0 aromatic heterocycles. The van der Waals surface area contributed by atoms with Gasteiger partial charge in [-0.3, -0.25) is 29.8 Å². The molecule has 0 saturated heterocycles. The lowest BCUT2D eigenvalue weighted by molar-refractivity contribution is -0.385. The molecule has 0 aliphatic heterocycles. The van der Waals surface area contributed by atoms with Crippen molar-refractivity contribution in [2.24, 2.45) is 0 Å². The summed E-state index contributed by atoms with van der Waals surface area (Å²) in [6.45, 7) is 8.65. The first-order valence-electron chi connectivity index (χ1n) is 15.7. The van der Waals surface area contributed by atoms with Crippen molar-refractivity contribution in [1.29, 1.82) is 0 Å². The van der Waals surface area contributed by atoms with Crippen LogP contribution >= 0.6 is 0 Å². The molecule has 0 radical (unpaired) electrons. The second-order valence-electron chi connectivity index (χ2n) is 11.6. The van der Waals surface area contributed by atoms with Crippen LogP contribution in [0.1, 0.15) is 143 Å². The molecule has 228 valence electrons. The molecule has 0 fully saturated rings. The number of ether oxygens (including phenoxy) is 1. The fourth-order valence-electron chi connectivity index (χ4n) is 5.63. The van der Waals surface area contributed by atoms with Crippen molar-refractivity contribution in [1.82, 2.24) is 5.32 Å². The Balaban J connectivity index is 2.03. The van der Waals surface area contributed by atoms with Crippen molar-refractivity contribution in [3.05, 3.63) is 68.8 Å². The predicted octanol–water partition coefficient (Wildman–Crippen LogP) is 8.21. The molecule has 1 aliphatic rings. The summed E-state index contributed by atoms with van der Waals surface area (Å²) in [5.74, 6) is -1.43. The van der Waals surface area contributed by atoms with Crippen LogP contribution in [0.4, 0.5) is 5.69 Å². The highest BCUT2D eigenvalue weighted by Crippen LogP contribution is 2.45. The third kappa shape index (κ3) is 7.51. The molecule has 2 aromatic rings. The fourth-order valence-corrected chi connectivity index (χ4v) is 5.63. The molecule has 3 rings (SSSR count). The van der Waals surface area contributed by atoms with E-state index in [0.717, 1.165) is 69.8 Å². The fraction of sp³-hybridized carbons (Fsp3) is 0.559. The number of hydrogen-bond acceptors (Lipinski definition) is 7. The molecule has 0 amide bonds. The lowest BCUT2D eigenvalue weighted by Crippen LogP contribution is -2.52. The van der Waals surface area contributed by atoms with E-state index in [2.05, 4.69) is 19.2 Å². The van der Waals surface area contributed by atoms with E-state index >= 15 is 0 Å². The first-order valence-corrected chi connectivity index (χ1v) is 15.7. The topological polar surface area (TPSA) is 116 Å². The van der Waals surface area contributed by atoms with Gasteiger partial charge in [0, 0.05) is 23.6 Å². The number of esters is 1. The number of carbonyl (C=O) groups excluding carboxylic acids is 3. The van der Waals surface area contributed by atoms with E-state index in [1.54, 1.807) is 12.1 Å². The zero-order valence-corrected chi connectivity index (χ0v) is 25.6. The van der Waals surface area contributed by atoms with Crippen LogP contribution in [0, 0.1) is 10.1 Å². The molecular weight excluding hydrogens is 532 g/mol. The van der Waals surface area contributed by atoms with Gasteiger partial charge in [0.15, 0.2) is 11.3 Å². The second kappa shape index (κ2) is 15.7. The number of rotatable bonds is 18. The lowest BCUT2D eigenvalue weighted by Gasteiger charge is -2.30. The van der Waals surface area contributed by atoms with E-state index in [4.69, 9.17) is 4.74 Å². The van der Waals surface area contributed by atoms with Crippen molar-refractivity contribution >= 4 is 23.2 Å². The Morgan fingerprint density at radius 1 is 0.905 bits per heavy atom. The van der Waals surface area contributed by atoms with Gasteiger partial charge in [0.2, 0.25) is 5.78 Å². The first kappa shape index (κ1) is 33.1. The van der Waals surface area contributed by atoms with Crippen molar-refractivity contribution in [3.8, 4) is 5.75 Å². The maximum atomic E-state index is 14.3. The molecule has 8 heteroatoms. The number of ketones is 2. The van der Waals surface area contributed by atoms with Gasteiger partial charge < -0.3 is 4.74 Å². The molecule has 2 aromatic carbocycles. The van der Waals surface area contributed by atoms with Crippen LogP contribution in [-0.4, -0.2) is 29.0 Å².